The summed E-state index contributed by atoms with van der Waals surface area (Å²) in [4.78, 5) is 11.5. The van der Waals surface area contributed by atoms with Crippen molar-refractivity contribution in [1.82, 2.24) is 10.4 Å². The lowest BCUT2D eigenvalue weighted by atomic mass is 10.3. The van der Waals surface area contributed by atoms with Crippen molar-refractivity contribution in [3.05, 3.63) is 24.0 Å². The molecule has 0 atom stereocenters. The summed E-state index contributed by atoms with van der Waals surface area (Å²) in [7, 11) is -4.39. The summed E-state index contributed by atoms with van der Waals surface area (Å²) in [6.07, 6.45) is 3.39. The van der Waals surface area contributed by atoms with Gasteiger partial charge in [-0.05, 0) is 12.0 Å². The Morgan fingerprint density at radius 2 is 2.32 bits per heavy atom. The molecule has 8 nitrogen and oxygen atoms in total. The molecule has 0 radical (unpaired) electrons. The standard InChI is InChI=1S/C10H15N3O5S/c1-2-11-10(14)9-4-6-13(12-8-9)5-3-7-18-19(15,16)17/h4,6,8H,2-3,5,7H2,1H3,(H-,11,14,15,16,17)/p+1. The van der Waals surface area contributed by atoms with Crippen molar-refractivity contribution in [2.45, 2.75) is 19.9 Å². The smallest absolute Gasteiger partial charge is 0.352 e. The Morgan fingerprint density at radius 3 is 2.84 bits per heavy atom. The van der Waals surface area contributed by atoms with Crippen LogP contribution in [0, 0.1) is 0 Å². The number of nitrogens with zero attached hydrogens (tertiary/aromatic N) is 2. The molecule has 0 fully saturated rings. The van der Waals surface area contributed by atoms with Gasteiger partial charge in [-0.2, -0.15) is 8.42 Å². The second-order valence-corrected chi connectivity index (χ2v) is 4.73. The van der Waals surface area contributed by atoms with Gasteiger partial charge in [-0.3, -0.25) is 9.35 Å². The van der Waals surface area contributed by atoms with Crippen LogP contribution in [0.5, 0.6) is 0 Å². The van der Waals surface area contributed by atoms with Crippen LogP contribution >= 0.6 is 0 Å². The van der Waals surface area contributed by atoms with E-state index in [0.29, 0.717) is 25.1 Å². The molecule has 0 saturated carbocycles. The lowest BCUT2D eigenvalue weighted by Gasteiger charge is -2.00. The average molecular weight is 290 g/mol. The van der Waals surface area contributed by atoms with E-state index in [1.165, 1.54) is 10.9 Å². The topological polar surface area (TPSA) is 109 Å². The Hall–Kier alpha value is -1.58. The van der Waals surface area contributed by atoms with Gasteiger partial charge in [0.1, 0.15) is 6.20 Å². The molecule has 1 heterocycles. The van der Waals surface area contributed by atoms with Gasteiger partial charge in [0.25, 0.3) is 5.91 Å². The third kappa shape index (κ3) is 6.22. The van der Waals surface area contributed by atoms with Gasteiger partial charge in [-0.1, -0.05) is 4.68 Å². The van der Waals surface area contributed by atoms with Crippen molar-refractivity contribution in [2.75, 3.05) is 13.2 Å². The second-order valence-electron chi connectivity index (χ2n) is 3.64. The van der Waals surface area contributed by atoms with Gasteiger partial charge >= 0.3 is 10.4 Å². The minimum Gasteiger partial charge on any atom is -0.352 e. The largest absolute Gasteiger partial charge is 0.397 e. The molecule has 1 rings (SSSR count). The molecule has 0 unspecified atom stereocenters. The Kier molecular flexibility index (Phi) is 5.80. The van der Waals surface area contributed by atoms with E-state index in [4.69, 9.17) is 4.55 Å². The number of aryl methyl sites for hydroxylation is 1. The van der Waals surface area contributed by atoms with Crippen molar-refractivity contribution in [2.24, 2.45) is 0 Å². The maximum atomic E-state index is 11.5. The molecule has 1 aromatic heterocycles. The number of amides is 1. The first kappa shape index (κ1) is 15.5. The van der Waals surface area contributed by atoms with Crippen molar-refractivity contribution < 1.29 is 26.6 Å². The molecule has 0 aliphatic rings. The molecular formula is C10H16N3O5S+. The summed E-state index contributed by atoms with van der Waals surface area (Å²) < 4.78 is 34.6. The van der Waals surface area contributed by atoms with Gasteiger partial charge < -0.3 is 5.32 Å². The number of hydrogen-bond acceptors (Lipinski definition) is 5. The van der Waals surface area contributed by atoms with E-state index < -0.39 is 10.4 Å². The molecule has 0 spiro atoms. The van der Waals surface area contributed by atoms with Crippen molar-refractivity contribution in [3.8, 4) is 0 Å². The predicted octanol–water partition coefficient (Wildman–Crippen LogP) is -0.672. The molecule has 9 heteroatoms. The Bertz CT molecular complexity index is 514. The summed E-state index contributed by atoms with van der Waals surface area (Å²) >= 11 is 0. The molecule has 0 aliphatic heterocycles. The van der Waals surface area contributed by atoms with Crippen LogP contribution < -0.4 is 10.00 Å². The predicted molar refractivity (Wildman–Crippen MR) is 64.6 cm³/mol. The normalized spacial score (nSPS) is 11.3. The van der Waals surface area contributed by atoms with Crippen LogP contribution in [0.15, 0.2) is 18.5 Å². The zero-order valence-corrected chi connectivity index (χ0v) is 11.3. The number of hydrogen-bond donors (Lipinski definition) is 2. The van der Waals surface area contributed by atoms with Crippen LogP contribution in [0.2, 0.25) is 0 Å². The first-order valence-corrected chi connectivity index (χ1v) is 7.04. The molecule has 2 N–H and O–H groups in total. The number of carbonyl (C=O) groups is 1. The third-order valence-corrected chi connectivity index (χ3v) is 2.60. The molecule has 106 valence electrons. The van der Waals surface area contributed by atoms with Crippen LogP contribution in [-0.4, -0.2) is 37.1 Å². The van der Waals surface area contributed by atoms with Gasteiger partial charge in [0.15, 0.2) is 12.7 Å². The second kappa shape index (κ2) is 7.12. The van der Waals surface area contributed by atoms with Gasteiger partial charge in [-0.15, -0.1) is 0 Å². The number of aromatic nitrogens is 2. The van der Waals surface area contributed by atoms with Crippen molar-refractivity contribution in [1.29, 1.82) is 0 Å². The highest BCUT2D eigenvalue weighted by Gasteiger charge is 2.09. The van der Waals surface area contributed by atoms with Crippen LogP contribution in [0.4, 0.5) is 0 Å². The molecule has 0 aliphatic carbocycles. The van der Waals surface area contributed by atoms with E-state index in [1.54, 1.807) is 12.3 Å². The fourth-order valence-electron chi connectivity index (χ4n) is 1.30. The Balaban J connectivity index is 2.42. The van der Waals surface area contributed by atoms with Gasteiger partial charge in [-0.25, -0.2) is 4.18 Å². The fourth-order valence-corrected chi connectivity index (χ4v) is 1.63. The summed E-state index contributed by atoms with van der Waals surface area (Å²) in [5.41, 5.74) is 0.451. The van der Waals surface area contributed by atoms with E-state index in [2.05, 4.69) is 14.6 Å². The maximum absolute atomic E-state index is 11.5. The summed E-state index contributed by atoms with van der Waals surface area (Å²) in [5.74, 6) is -0.197. The van der Waals surface area contributed by atoms with Crippen molar-refractivity contribution >= 4 is 16.3 Å². The lowest BCUT2D eigenvalue weighted by molar-refractivity contribution is -0.754. The highest BCUT2D eigenvalue weighted by molar-refractivity contribution is 7.80. The highest BCUT2D eigenvalue weighted by Crippen LogP contribution is 1.93. The third-order valence-electron chi connectivity index (χ3n) is 2.13. The summed E-state index contributed by atoms with van der Waals surface area (Å²) in [5, 5.41) is 6.65. The van der Waals surface area contributed by atoms with Gasteiger partial charge in [0.2, 0.25) is 0 Å². The number of carbonyl (C=O) groups excluding carboxylic acids is 1. The molecule has 0 bridgehead atoms. The zero-order chi connectivity index (χ0) is 14.3. The van der Waals surface area contributed by atoms with E-state index in [9.17, 15) is 13.2 Å². The maximum Gasteiger partial charge on any atom is 0.397 e. The molecule has 0 saturated heterocycles. The quantitative estimate of drug-likeness (QED) is 0.391. The van der Waals surface area contributed by atoms with Gasteiger partial charge in [0, 0.05) is 19.0 Å². The van der Waals surface area contributed by atoms with E-state index in [0.717, 1.165) is 0 Å². The Labute approximate surface area is 111 Å². The van der Waals surface area contributed by atoms with E-state index >= 15 is 0 Å². The minimum atomic E-state index is -4.39. The molecule has 1 aromatic rings. The van der Waals surface area contributed by atoms with Crippen LogP contribution in [0.3, 0.4) is 0 Å². The van der Waals surface area contributed by atoms with Crippen LogP contribution in [0.1, 0.15) is 23.7 Å². The van der Waals surface area contributed by atoms with Crippen LogP contribution in [-0.2, 0) is 21.1 Å². The number of nitrogens with one attached hydrogen (secondary N) is 1. The monoisotopic (exact) mass is 290 g/mol. The fraction of sp³-hybridized carbons (Fsp3) is 0.500. The summed E-state index contributed by atoms with van der Waals surface area (Å²) in [6, 6.07) is 1.61. The molecular weight excluding hydrogens is 274 g/mol. The first-order chi connectivity index (χ1) is 8.92. The molecule has 0 aromatic carbocycles. The highest BCUT2D eigenvalue weighted by atomic mass is 32.3. The van der Waals surface area contributed by atoms with Gasteiger partial charge in [0.05, 0.1) is 12.2 Å². The van der Waals surface area contributed by atoms with Crippen LogP contribution in [0.25, 0.3) is 0 Å². The minimum absolute atomic E-state index is 0.133. The van der Waals surface area contributed by atoms with Crippen molar-refractivity contribution in [3.63, 3.8) is 0 Å². The van der Waals surface area contributed by atoms with E-state index in [-0.39, 0.29) is 12.5 Å². The molecule has 19 heavy (non-hydrogen) atoms. The average Bonchev–Trinajstić information content (AvgIpc) is 2.34. The molecule has 1 amide bonds. The summed E-state index contributed by atoms with van der Waals surface area (Å²) in [6.45, 7) is 2.64. The zero-order valence-electron chi connectivity index (χ0n) is 10.4. The SMILES string of the molecule is CCNC(=O)c1cc[n+](CCCOS(=O)(=O)O)nc1. The lowest BCUT2D eigenvalue weighted by Crippen LogP contribution is -2.38. The van der Waals surface area contributed by atoms with E-state index in [1.807, 2.05) is 6.92 Å². The first-order valence-electron chi connectivity index (χ1n) is 5.68. The Morgan fingerprint density at radius 1 is 1.58 bits per heavy atom. The number of rotatable bonds is 7.